The lowest BCUT2D eigenvalue weighted by Crippen LogP contribution is -2.20. The Morgan fingerprint density at radius 1 is 1.37 bits per heavy atom. The molecule has 1 heterocycles. The number of aromatic nitrogens is 2. The average molecular weight is 394 g/mol. The number of nitrogens with zero attached hydrogens (tertiary/aromatic N) is 2. The molecule has 2 aliphatic rings. The lowest BCUT2D eigenvalue weighted by Gasteiger charge is -2.28. The van der Waals surface area contributed by atoms with E-state index >= 15 is 0 Å². The van der Waals surface area contributed by atoms with Gasteiger partial charge in [0.15, 0.2) is 0 Å². The molecule has 1 aromatic carbocycles. The van der Waals surface area contributed by atoms with Crippen LogP contribution < -0.4 is 5.32 Å². The molecular formula is C20H22ClF2N3O. The summed E-state index contributed by atoms with van der Waals surface area (Å²) in [5.74, 6) is -0.206. The van der Waals surface area contributed by atoms with E-state index in [1.165, 1.54) is 38.3 Å². The minimum Gasteiger partial charge on any atom is -0.322 e. The summed E-state index contributed by atoms with van der Waals surface area (Å²) in [4.78, 5) is 12.8. The number of hydrogen-bond acceptors (Lipinski definition) is 2. The summed E-state index contributed by atoms with van der Waals surface area (Å²) >= 11 is 6.06. The van der Waals surface area contributed by atoms with E-state index in [0.29, 0.717) is 11.6 Å². The largest absolute Gasteiger partial charge is 0.322 e. The van der Waals surface area contributed by atoms with Crippen LogP contribution in [-0.4, -0.2) is 15.7 Å². The molecule has 1 aromatic heterocycles. The number of halogens is 3. The molecule has 7 heteroatoms. The van der Waals surface area contributed by atoms with Crippen molar-refractivity contribution in [2.45, 2.75) is 51.4 Å². The van der Waals surface area contributed by atoms with Gasteiger partial charge < -0.3 is 5.32 Å². The van der Waals surface area contributed by atoms with Crippen molar-refractivity contribution in [3.8, 4) is 0 Å². The number of fused-ring (bicyclic) bond motifs is 1. The maximum Gasteiger partial charge on any atom is 0.283 e. The fraction of sp³-hybridized carbons (Fsp3) is 0.500. The fourth-order valence-electron chi connectivity index (χ4n) is 4.92. The van der Waals surface area contributed by atoms with Crippen molar-refractivity contribution in [1.29, 1.82) is 0 Å². The molecule has 1 N–H and O–H groups in total. The highest BCUT2D eigenvalue weighted by Gasteiger charge is 2.46. The number of amides is 1. The summed E-state index contributed by atoms with van der Waals surface area (Å²) in [6.07, 6.45) is 2.92. The van der Waals surface area contributed by atoms with Crippen LogP contribution in [0.4, 0.5) is 14.5 Å². The summed E-state index contributed by atoms with van der Waals surface area (Å²) in [5, 5.41) is 6.43. The van der Waals surface area contributed by atoms with Gasteiger partial charge in [-0.25, -0.2) is 8.78 Å². The Hall–Kier alpha value is -1.95. The monoisotopic (exact) mass is 393 g/mol. The van der Waals surface area contributed by atoms with Crippen LogP contribution in [0.25, 0.3) is 0 Å². The van der Waals surface area contributed by atoms with Crippen LogP contribution in [0, 0.1) is 5.41 Å². The van der Waals surface area contributed by atoms with Crippen molar-refractivity contribution in [3.63, 3.8) is 0 Å². The number of carbonyl (C=O) groups is 1. The van der Waals surface area contributed by atoms with E-state index in [4.69, 9.17) is 11.6 Å². The highest BCUT2D eigenvalue weighted by Crippen LogP contribution is 2.57. The molecule has 4 rings (SSSR count). The van der Waals surface area contributed by atoms with E-state index in [1.54, 1.807) is 0 Å². The van der Waals surface area contributed by atoms with Crippen molar-refractivity contribution in [2.75, 3.05) is 5.32 Å². The molecule has 1 spiro atoms. The van der Waals surface area contributed by atoms with Crippen LogP contribution in [0.2, 0.25) is 5.15 Å². The first kappa shape index (κ1) is 18.4. The molecular weight excluding hydrogens is 372 g/mol. The maximum atomic E-state index is 13.3. The summed E-state index contributed by atoms with van der Waals surface area (Å²) in [7, 11) is 1.44. The van der Waals surface area contributed by atoms with E-state index in [2.05, 4.69) is 23.4 Å². The Kier molecular flexibility index (Phi) is 4.49. The summed E-state index contributed by atoms with van der Waals surface area (Å²) < 4.78 is 27.7. The Morgan fingerprint density at radius 3 is 2.74 bits per heavy atom. The first-order chi connectivity index (χ1) is 12.8. The van der Waals surface area contributed by atoms with E-state index < -0.39 is 18.0 Å². The minimum absolute atomic E-state index is 0.0870. The molecule has 1 unspecified atom stereocenters. The van der Waals surface area contributed by atoms with Crippen molar-refractivity contribution < 1.29 is 13.6 Å². The molecule has 0 bridgehead atoms. The number of aryl methyl sites for hydroxylation is 1. The third kappa shape index (κ3) is 2.85. The summed E-state index contributed by atoms with van der Waals surface area (Å²) in [6.45, 7) is 2.26. The molecule has 1 atom stereocenters. The normalized spacial score (nSPS) is 20.4. The van der Waals surface area contributed by atoms with E-state index in [-0.39, 0.29) is 16.1 Å². The number of hydrogen-bond donors (Lipinski definition) is 1. The average Bonchev–Trinajstić information content (AvgIpc) is 3.29. The summed E-state index contributed by atoms with van der Waals surface area (Å²) in [6, 6.07) is 5.87. The van der Waals surface area contributed by atoms with Gasteiger partial charge in [0.1, 0.15) is 16.4 Å². The number of alkyl halides is 2. The Morgan fingerprint density at radius 2 is 2.07 bits per heavy atom. The SMILES string of the molecule is CC1c2cccc(NC(=O)c3c(C(F)F)nn(C)c3Cl)c2CC12CCCC2. The van der Waals surface area contributed by atoms with Crippen LogP contribution in [0.3, 0.4) is 0 Å². The summed E-state index contributed by atoms with van der Waals surface area (Å²) in [5.41, 5.74) is 2.48. The zero-order valence-electron chi connectivity index (χ0n) is 15.4. The lowest BCUT2D eigenvalue weighted by atomic mass is 9.76. The van der Waals surface area contributed by atoms with Gasteiger partial charge >= 0.3 is 0 Å². The molecule has 1 saturated carbocycles. The van der Waals surface area contributed by atoms with Gasteiger partial charge in [-0.05, 0) is 47.8 Å². The van der Waals surface area contributed by atoms with Crippen molar-refractivity contribution in [3.05, 3.63) is 45.7 Å². The van der Waals surface area contributed by atoms with Crippen molar-refractivity contribution >= 4 is 23.2 Å². The number of anilines is 1. The van der Waals surface area contributed by atoms with Crippen LogP contribution in [0.15, 0.2) is 18.2 Å². The maximum absolute atomic E-state index is 13.3. The second kappa shape index (κ2) is 6.59. The Bertz CT molecular complexity index is 903. The zero-order chi connectivity index (χ0) is 19.3. The third-order valence-corrected chi connectivity index (χ3v) is 6.85. The van der Waals surface area contributed by atoms with Crippen LogP contribution in [0.5, 0.6) is 0 Å². The second-order valence-corrected chi connectivity index (χ2v) is 8.13. The molecule has 144 valence electrons. The van der Waals surface area contributed by atoms with Crippen molar-refractivity contribution in [2.24, 2.45) is 12.5 Å². The molecule has 0 saturated heterocycles. The Balaban J connectivity index is 1.68. The standard InChI is InChI=1S/C20H22ClF2N3O/c1-11-12-6-5-7-14(13(12)10-20(11)8-3-4-9-20)24-19(27)15-16(18(22)23)25-26(2)17(15)21/h5-7,11,18H,3-4,8-10H2,1-2H3,(H,24,27). The lowest BCUT2D eigenvalue weighted by molar-refractivity contribution is 0.101. The second-order valence-electron chi connectivity index (χ2n) is 7.77. The van der Waals surface area contributed by atoms with Gasteiger partial charge in [0.2, 0.25) is 0 Å². The number of benzene rings is 1. The fourth-order valence-corrected chi connectivity index (χ4v) is 5.14. The van der Waals surface area contributed by atoms with Gasteiger partial charge in [-0.3, -0.25) is 9.48 Å². The Labute approximate surface area is 161 Å². The predicted octanol–water partition coefficient (Wildman–Crippen LogP) is 5.48. The molecule has 27 heavy (non-hydrogen) atoms. The third-order valence-electron chi connectivity index (χ3n) is 6.41. The molecule has 1 amide bonds. The molecule has 1 fully saturated rings. The predicted molar refractivity (Wildman–Crippen MR) is 101 cm³/mol. The van der Waals surface area contributed by atoms with E-state index in [9.17, 15) is 13.6 Å². The molecule has 0 radical (unpaired) electrons. The van der Waals surface area contributed by atoms with Gasteiger partial charge in [-0.2, -0.15) is 5.10 Å². The van der Waals surface area contributed by atoms with Gasteiger partial charge in [-0.1, -0.05) is 43.5 Å². The topological polar surface area (TPSA) is 46.9 Å². The minimum atomic E-state index is -2.87. The highest BCUT2D eigenvalue weighted by atomic mass is 35.5. The number of carbonyl (C=O) groups excluding carboxylic acids is 1. The van der Waals surface area contributed by atoms with Crippen LogP contribution >= 0.6 is 11.6 Å². The molecule has 2 aliphatic carbocycles. The number of rotatable bonds is 3. The highest BCUT2D eigenvalue weighted by molar-refractivity contribution is 6.33. The van der Waals surface area contributed by atoms with Gasteiger partial charge in [0.05, 0.1) is 0 Å². The first-order valence-electron chi connectivity index (χ1n) is 9.28. The van der Waals surface area contributed by atoms with Gasteiger partial charge in [0.25, 0.3) is 12.3 Å². The smallest absolute Gasteiger partial charge is 0.283 e. The molecule has 4 nitrogen and oxygen atoms in total. The first-order valence-corrected chi connectivity index (χ1v) is 9.65. The number of nitrogens with one attached hydrogen (secondary N) is 1. The quantitative estimate of drug-likeness (QED) is 0.750. The molecule has 2 aromatic rings. The van der Waals surface area contributed by atoms with Gasteiger partial charge in [-0.15, -0.1) is 0 Å². The van der Waals surface area contributed by atoms with Crippen LogP contribution in [-0.2, 0) is 13.5 Å². The van der Waals surface area contributed by atoms with Crippen molar-refractivity contribution in [1.82, 2.24) is 9.78 Å². The van der Waals surface area contributed by atoms with Gasteiger partial charge in [0, 0.05) is 12.7 Å². The van der Waals surface area contributed by atoms with E-state index in [1.807, 2.05) is 12.1 Å². The zero-order valence-corrected chi connectivity index (χ0v) is 16.1. The molecule has 0 aliphatic heterocycles. The van der Waals surface area contributed by atoms with E-state index in [0.717, 1.165) is 16.7 Å². The van der Waals surface area contributed by atoms with Crippen LogP contribution in [0.1, 0.15) is 72.1 Å².